The molecule has 10 aromatic rings. The minimum atomic E-state index is -0.142. The maximum atomic E-state index is 6.77. The number of anilines is 3. The summed E-state index contributed by atoms with van der Waals surface area (Å²) in [7, 11) is 0. The minimum Gasteiger partial charge on any atom is -0.456 e. The normalized spacial score (nSPS) is 13.5. The fraction of sp³-hybridized carbons (Fsp3) is 0.102. The van der Waals surface area contributed by atoms with E-state index in [1.54, 1.807) is 0 Å². The van der Waals surface area contributed by atoms with Crippen LogP contribution in [0.3, 0.4) is 0 Å². The number of nitrogens with zero attached hydrogens (tertiary/aromatic N) is 2. The highest BCUT2D eigenvalue weighted by atomic mass is 16.3. The van der Waals surface area contributed by atoms with E-state index < -0.39 is 0 Å². The van der Waals surface area contributed by atoms with Crippen molar-refractivity contribution in [2.45, 2.75) is 33.1 Å². The van der Waals surface area contributed by atoms with Gasteiger partial charge in [0.15, 0.2) is 5.58 Å². The summed E-state index contributed by atoms with van der Waals surface area (Å²) >= 11 is 0. The van der Waals surface area contributed by atoms with Gasteiger partial charge in [0.05, 0.1) is 11.2 Å². The predicted molar refractivity (Wildman–Crippen MR) is 226 cm³/mol. The van der Waals surface area contributed by atoms with E-state index >= 15 is 0 Å². The van der Waals surface area contributed by atoms with E-state index in [-0.39, 0.29) is 12.3 Å². The van der Waals surface area contributed by atoms with Crippen LogP contribution in [-0.2, 0) is 5.41 Å². The van der Waals surface area contributed by atoms with Gasteiger partial charge in [-0.15, -0.1) is 0 Å². The molecule has 0 fully saturated rings. The third kappa shape index (κ3) is 3.83. The summed E-state index contributed by atoms with van der Waals surface area (Å²) in [5.41, 5.74) is 19.5. The van der Waals surface area contributed by atoms with Crippen LogP contribution in [0.25, 0.3) is 77.2 Å². The molecule has 0 N–H and O–H groups in total. The first-order valence-corrected chi connectivity index (χ1v) is 18.9. The molecule has 0 saturated heterocycles. The second-order valence-corrected chi connectivity index (χ2v) is 16.1. The Kier molecular flexibility index (Phi) is 5.76. The first-order valence-electron chi connectivity index (χ1n) is 18.9. The summed E-state index contributed by atoms with van der Waals surface area (Å²) in [5, 5.41) is 4.56. The van der Waals surface area contributed by atoms with Gasteiger partial charge in [-0.05, 0) is 100 Å². The van der Waals surface area contributed by atoms with Crippen LogP contribution in [0, 0.1) is 6.92 Å². The molecule has 3 aromatic heterocycles. The van der Waals surface area contributed by atoms with Crippen molar-refractivity contribution in [3.63, 3.8) is 0 Å². The summed E-state index contributed by atoms with van der Waals surface area (Å²) in [6, 6.07) is 51.0. The number of hydrogen-bond donors (Lipinski definition) is 0. The molecule has 256 valence electrons. The first kappa shape index (κ1) is 30.1. The molecule has 0 saturated carbocycles. The quantitative estimate of drug-likeness (QED) is 0.169. The Labute approximate surface area is 312 Å². The van der Waals surface area contributed by atoms with Gasteiger partial charge in [0, 0.05) is 49.6 Å². The van der Waals surface area contributed by atoms with Crippen LogP contribution in [0.15, 0.2) is 148 Å². The van der Waals surface area contributed by atoms with Crippen LogP contribution < -0.4 is 15.8 Å². The highest BCUT2D eigenvalue weighted by Gasteiger charge is 2.45. The summed E-state index contributed by atoms with van der Waals surface area (Å²) < 4.78 is 16.0. The molecule has 7 aromatic carbocycles. The maximum Gasteiger partial charge on any atom is 0.333 e. The number of furan rings is 2. The molecule has 2 aliphatic rings. The van der Waals surface area contributed by atoms with Crippen molar-refractivity contribution in [3.8, 4) is 22.3 Å². The average molecular weight is 695 g/mol. The van der Waals surface area contributed by atoms with E-state index in [1.165, 1.54) is 55.5 Å². The van der Waals surface area contributed by atoms with E-state index in [1.807, 2.05) is 0 Å². The number of rotatable bonds is 2. The zero-order valence-electron chi connectivity index (χ0n) is 30.6. The van der Waals surface area contributed by atoms with Gasteiger partial charge in [-0.3, -0.25) is 0 Å². The molecule has 12 rings (SSSR count). The van der Waals surface area contributed by atoms with E-state index in [2.05, 4.69) is 177 Å². The molecule has 2 aliphatic heterocycles. The highest BCUT2D eigenvalue weighted by Crippen LogP contribution is 2.50. The highest BCUT2D eigenvalue weighted by molar-refractivity contribution is 6.92. The molecule has 5 heteroatoms. The molecule has 4 nitrogen and oxygen atoms in total. The Hall–Kier alpha value is -6.46. The van der Waals surface area contributed by atoms with Gasteiger partial charge in [0.25, 0.3) is 0 Å². The van der Waals surface area contributed by atoms with Crippen molar-refractivity contribution in [1.29, 1.82) is 0 Å². The average Bonchev–Trinajstić information content (AvgIpc) is 3.86. The SMILES string of the molecule is Cc1cc2c3c(c1)N(c1ccc(C(C)(C)C)cc1-c1ccccc1)c1ccc4oc5ccccc5c4c1B3n1c3c-2cccc3c2oc3ccccc3c21. The van der Waals surface area contributed by atoms with Gasteiger partial charge in [-0.2, -0.15) is 0 Å². The lowest BCUT2D eigenvalue weighted by atomic mass is 9.44. The number of para-hydroxylation sites is 3. The van der Waals surface area contributed by atoms with Gasteiger partial charge in [0.1, 0.15) is 16.7 Å². The van der Waals surface area contributed by atoms with Crippen molar-refractivity contribution >= 4 is 89.7 Å². The molecule has 0 radical (unpaired) electrons. The van der Waals surface area contributed by atoms with Crippen LogP contribution in [0.4, 0.5) is 17.1 Å². The molecule has 0 unspecified atom stereocenters. The zero-order chi connectivity index (χ0) is 36.0. The maximum absolute atomic E-state index is 6.77. The van der Waals surface area contributed by atoms with E-state index in [4.69, 9.17) is 8.83 Å². The Morgan fingerprint density at radius 2 is 1.24 bits per heavy atom. The van der Waals surface area contributed by atoms with E-state index in [9.17, 15) is 0 Å². The van der Waals surface area contributed by atoms with Crippen molar-refractivity contribution in [3.05, 3.63) is 151 Å². The molecular weight excluding hydrogens is 659 g/mol. The van der Waals surface area contributed by atoms with Crippen LogP contribution in [-0.4, -0.2) is 11.3 Å². The summed E-state index contributed by atoms with van der Waals surface area (Å²) in [4.78, 5) is 2.55. The van der Waals surface area contributed by atoms with Gasteiger partial charge in [-0.1, -0.05) is 106 Å². The second-order valence-electron chi connectivity index (χ2n) is 16.1. The monoisotopic (exact) mass is 694 g/mol. The number of hydrogen-bond acceptors (Lipinski definition) is 3. The topological polar surface area (TPSA) is 34.5 Å². The smallest absolute Gasteiger partial charge is 0.333 e. The molecule has 54 heavy (non-hydrogen) atoms. The number of aryl methyl sites for hydroxylation is 1. The van der Waals surface area contributed by atoms with Gasteiger partial charge >= 0.3 is 6.85 Å². The molecule has 0 spiro atoms. The predicted octanol–water partition coefficient (Wildman–Crippen LogP) is 12.1. The van der Waals surface area contributed by atoms with Crippen LogP contribution in [0.2, 0.25) is 0 Å². The van der Waals surface area contributed by atoms with Gasteiger partial charge < -0.3 is 18.2 Å². The third-order valence-electron chi connectivity index (χ3n) is 12.0. The van der Waals surface area contributed by atoms with E-state index in [0.29, 0.717) is 0 Å². The van der Waals surface area contributed by atoms with Crippen LogP contribution in [0.5, 0.6) is 0 Å². The fourth-order valence-corrected chi connectivity index (χ4v) is 9.64. The van der Waals surface area contributed by atoms with E-state index in [0.717, 1.165) is 60.8 Å². The molecule has 0 amide bonds. The first-order chi connectivity index (χ1) is 26.3. The molecular formula is C49H35BN2O2. The molecule has 5 heterocycles. The Morgan fingerprint density at radius 1 is 0.519 bits per heavy atom. The van der Waals surface area contributed by atoms with Crippen molar-refractivity contribution in [2.75, 3.05) is 4.90 Å². The Balaban J connectivity index is 1.29. The van der Waals surface area contributed by atoms with Crippen molar-refractivity contribution < 1.29 is 8.83 Å². The lowest BCUT2D eigenvalue weighted by Gasteiger charge is -2.41. The Bertz CT molecular complexity index is 3230. The molecule has 0 bridgehead atoms. The summed E-state index contributed by atoms with van der Waals surface area (Å²) in [6.45, 7) is 8.98. The lowest BCUT2D eigenvalue weighted by Crippen LogP contribution is -2.57. The number of fused-ring (bicyclic) bond motifs is 13. The number of aromatic nitrogens is 1. The molecule has 0 atom stereocenters. The van der Waals surface area contributed by atoms with Crippen molar-refractivity contribution in [2.24, 2.45) is 0 Å². The summed E-state index contributed by atoms with van der Waals surface area (Å²) in [6.07, 6.45) is 0. The van der Waals surface area contributed by atoms with Crippen molar-refractivity contribution in [1.82, 2.24) is 4.48 Å². The van der Waals surface area contributed by atoms with Crippen LogP contribution in [0.1, 0.15) is 31.9 Å². The fourth-order valence-electron chi connectivity index (χ4n) is 9.64. The number of benzene rings is 7. The third-order valence-corrected chi connectivity index (χ3v) is 12.0. The Morgan fingerprint density at radius 3 is 2.06 bits per heavy atom. The van der Waals surface area contributed by atoms with Gasteiger partial charge in [-0.25, -0.2) is 0 Å². The second kappa shape index (κ2) is 10.4. The van der Waals surface area contributed by atoms with Crippen LogP contribution >= 0.6 is 0 Å². The molecule has 0 aliphatic carbocycles. The largest absolute Gasteiger partial charge is 0.456 e. The standard InChI is InChI=1S/C49H35BN2O2/c1-28-25-36-31-17-12-18-34-46(31)52(47-33-16-9-11-20-41(33)54-48(34)47)50-44(36)39(26-28)51(38-23-24-42-43(45(38)50)32-15-8-10-19-40(32)53-42)37-22-21-30(49(2,3)4)27-35(37)29-13-6-5-7-14-29/h5-27H,1-4H3. The summed E-state index contributed by atoms with van der Waals surface area (Å²) in [5.74, 6) is 0. The minimum absolute atomic E-state index is 0.0143. The zero-order valence-corrected chi connectivity index (χ0v) is 30.6. The lowest BCUT2D eigenvalue weighted by molar-refractivity contribution is 0.590. The van der Waals surface area contributed by atoms with Gasteiger partial charge in [0.2, 0.25) is 0 Å².